The van der Waals surface area contributed by atoms with Crippen LogP contribution in [-0.2, 0) is 4.79 Å². The zero-order chi connectivity index (χ0) is 18.0. The molecule has 7 heteroatoms. The van der Waals surface area contributed by atoms with Gasteiger partial charge in [0.05, 0.1) is 0 Å². The molecule has 1 N–H and O–H groups in total. The summed E-state index contributed by atoms with van der Waals surface area (Å²) in [4.78, 5) is 17.8. The van der Waals surface area contributed by atoms with Gasteiger partial charge in [-0.15, -0.1) is 10.2 Å². The minimum Gasteiger partial charge on any atom is -0.340 e. The quantitative estimate of drug-likeness (QED) is 0.896. The Kier molecular flexibility index (Phi) is 3.27. The maximum atomic E-state index is 13.0. The van der Waals surface area contributed by atoms with Gasteiger partial charge >= 0.3 is 0 Å². The predicted octanol–water partition coefficient (Wildman–Crippen LogP) is 1.67. The molecule has 4 fully saturated rings. The van der Waals surface area contributed by atoms with Crippen molar-refractivity contribution in [2.24, 2.45) is 11.3 Å². The molecule has 1 aromatic carbocycles. The Balaban J connectivity index is 1.10. The summed E-state index contributed by atoms with van der Waals surface area (Å²) in [5.41, 5.74) is 2.83. The summed E-state index contributed by atoms with van der Waals surface area (Å²) in [6, 6.07) is 8.86. The highest BCUT2D eigenvalue weighted by molar-refractivity contribution is 5.83. The van der Waals surface area contributed by atoms with Crippen LogP contribution in [0.2, 0.25) is 0 Å². The van der Waals surface area contributed by atoms with Gasteiger partial charge in [0.25, 0.3) is 0 Å². The van der Waals surface area contributed by atoms with Crippen LogP contribution in [-0.4, -0.2) is 68.6 Å². The number of piperazine rings is 1. The molecule has 1 amide bonds. The molecule has 2 aliphatic carbocycles. The first kappa shape index (κ1) is 15.7. The first-order valence-electron chi connectivity index (χ1n) is 10.1. The highest BCUT2D eigenvalue weighted by atomic mass is 16.2. The highest BCUT2D eigenvalue weighted by Gasteiger charge is 2.54. The summed E-state index contributed by atoms with van der Waals surface area (Å²) < 4.78 is 0. The lowest BCUT2D eigenvalue weighted by Gasteiger charge is -2.37. The second-order valence-corrected chi connectivity index (χ2v) is 8.92. The maximum Gasteiger partial charge on any atom is 0.226 e. The molecule has 7 nitrogen and oxygen atoms in total. The van der Waals surface area contributed by atoms with Gasteiger partial charge in [0.2, 0.25) is 11.7 Å². The molecule has 6 rings (SSSR count). The van der Waals surface area contributed by atoms with Crippen LogP contribution in [0.3, 0.4) is 0 Å². The van der Waals surface area contributed by atoms with Crippen LogP contribution in [0.25, 0.3) is 11.4 Å². The van der Waals surface area contributed by atoms with Gasteiger partial charge in [-0.3, -0.25) is 9.69 Å². The molecule has 27 heavy (non-hydrogen) atoms. The van der Waals surface area contributed by atoms with Crippen molar-refractivity contribution < 1.29 is 4.79 Å². The van der Waals surface area contributed by atoms with Crippen molar-refractivity contribution >= 4 is 5.91 Å². The number of aromatic nitrogens is 4. The summed E-state index contributed by atoms with van der Waals surface area (Å²) in [6.45, 7) is 4.19. The van der Waals surface area contributed by atoms with E-state index in [1.165, 1.54) is 31.4 Å². The number of nitrogens with zero attached hydrogens (tertiary/aromatic N) is 5. The summed E-state index contributed by atoms with van der Waals surface area (Å²) >= 11 is 0. The topological polar surface area (TPSA) is 78.0 Å². The molecule has 3 heterocycles. The predicted molar refractivity (Wildman–Crippen MR) is 98.7 cm³/mol. The third-order valence-corrected chi connectivity index (χ3v) is 7.13. The van der Waals surface area contributed by atoms with E-state index in [0.717, 1.165) is 31.6 Å². The van der Waals surface area contributed by atoms with Crippen molar-refractivity contribution in [3.05, 3.63) is 29.8 Å². The number of nitrogens with one attached hydrogen (secondary N) is 1. The van der Waals surface area contributed by atoms with Gasteiger partial charge in [-0.25, -0.2) is 0 Å². The fourth-order valence-corrected chi connectivity index (χ4v) is 5.26. The number of hydrogen-bond donors (Lipinski definition) is 1. The first-order valence-corrected chi connectivity index (χ1v) is 10.1. The maximum absolute atomic E-state index is 13.0. The van der Waals surface area contributed by atoms with Crippen molar-refractivity contribution in [2.45, 2.75) is 37.6 Å². The molecule has 2 saturated heterocycles. The average Bonchev–Trinajstić information content (AvgIpc) is 3.53. The van der Waals surface area contributed by atoms with Crippen molar-refractivity contribution in [1.82, 2.24) is 30.4 Å². The molecule has 2 aliphatic heterocycles. The third kappa shape index (κ3) is 2.67. The normalized spacial score (nSPS) is 31.1. The fraction of sp³-hybridized carbons (Fsp3) is 0.600. The molecule has 140 valence electrons. The molecule has 2 saturated carbocycles. The molecule has 0 radical (unpaired) electrons. The molecular weight excluding hydrogens is 340 g/mol. The van der Waals surface area contributed by atoms with E-state index < -0.39 is 0 Å². The standard InChI is InChI=1S/C20H24N6O/c27-19(25-7-8-26-12-20(5-6-20)10-15(26)11-25)17-9-16(17)13-1-3-14(4-2-13)18-21-23-24-22-18/h1-4,15-17H,5-12H2,(H,21,22,23,24)/t15-,16-,17+/m0/s1. The Morgan fingerprint density at radius 2 is 2.04 bits per heavy atom. The van der Waals surface area contributed by atoms with Crippen molar-refractivity contribution in [3.63, 3.8) is 0 Å². The van der Waals surface area contributed by atoms with E-state index in [-0.39, 0.29) is 5.92 Å². The number of fused-ring (bicyclic) bond motifs is 1. The zero-order valence-corrected chi connectivity index (χ0v) is 15.3. The number of rotatable bonds is 3. The smallest absolute Gasteiger partial charge is 0.226 e. The summed E-state index contributed by atoms with van der Waals surface area (Å²) in [5.74, 6) is 1.52. The zero-order valence-electron chi connectivity index (χ0n) is 15.3. The third-order valence-electron chi connectivity index (χ3n) is 7.13. The van der Waals surface area contributed by atoms with Gasteiger partial charge in [-0.1, -0.05) is 24.3 Å². The van der Waals surface area contributed by atoms with Gasteiger partial charge < -0.3 is 4.90 Å². The largest absolute Gasteiger partial charge is 0.340 e. The molecule has 4 aliphatic rings. The van der Waals surface area contributed by atoms with Gasteiger partial charge in [-0.05, 0) is 47.8 Å². The molecule has 1 spiro atoms. The number of carbonyl (C=O) groups is 1. The Morgan fingerprint density at radius 1 is 1.19 bits per heavy atom. The lowest BCUT2D eigenvalue weighted by molar-refractivity contribution is -0.135. The van der Waals surface area contributed by atoms with E-state index in [9.17, 15) is 4.79 Å². The summed E-state index contributed by atoms with van der Waals surface area (Å²) in [6.07, 6.45) is 5.09. The van der Waals surface area contributed by atoms with E-state index in [1.807, 2.05) is 12.1 Å². The molecule has 0 unspecified atom stereocenters. The van der Waals surface area contributed by atoms with Crippen LogP contribution in [0, 0.1) is 11.3 Å². The fourth-order valence-electron chi connectivity index (χ4n) is 5.26. The Hall–Kier alpha value is -2.28. The Labute approximate surface area is 158 Å². The monoisotopic (exact) mass is 364 g/mol. The number of carbonyl (C=O) groups excluding carboxylic acids is 1. The van der Waals surface area contributed by atoms with E-state index >= 15 is 0 Å². The lowest BCUT2D eigenvalue weighted by Crippen LogP contribution is -2.52. The minimum absolute atomic E-state index is 0.170. The number of hydrogen-bond acceptors (Lipinski definition) is 5. The summed E-state index contributed by atoms with van der Waals surface area (Å²) in [7, 11) is 0. The molecule has 1 aromatic heterocycles. The number of tetrazole rings is 1. The summed E-state index contributed by atoms with van der Waals surface area (Å²) in [5, 5.41) is 14.1. The van der Waals surface area contributed by atoms with Crippen molar-refractivity contribution in [2.75, 3.05) is 26.2 Å². The van der Waals surface area contributed by atoms with Crippen LogP contribution >= 0.6 is 0 Å². The Bertz CT molecular complexity index is 859. The molecular formula is C20H24N6O. The van der Waals surface area contributed by atoms with E-state index in [2.05, 4.69) is 42.6 Å². The van der Waals surface area contributed by atoms with Crippen LogP contribution in [0.15, 0.2) is 24.3 Å². The van der Waals surface area contributed by atoms with E-state index in [4.69, 9.17) is 0 Å². The van der Waals surface area contributed by atoms with E-state index in [0.29, 0.717) is 29.1 Å². The van der Waals surface area contributed by atoms with Crippen molar-refractivity contribution in [1.29, 1.82) is 0 Å². The second kappa shape index (κ2) is 5.61. The lowest BCUT2D eigenvalue weighted by atomic mass is 10.0. The number of amides is 1. The number of benzene rings is 1. The number of H-pyrrole nitrogens is 1. The number of aromatic amines is 1. The van der Waals surface area contributed by atoms with Gasteiger partial charge in [0.15, 0.2) is 0 Å². The second-order valence-electron chi connectivity index (χ2n) is 8.92. The van der Waals surface area contributed by atoms with Crippen molar-refractivity contribution in [3.8, 4) is 11.4 Å². The highest BCUT2D eigenvalue weighted by Crippen LogP contribution is 2.55. The van der Waals surface area contributed by atoms with Crippen LogP contribution < -0.4 is 0 Å². The van der Waals surface area contributed by atoms with E-state index in [1.54, 1.807) is 0 Å². The Morgan fingerprint density at radius 3 is 2.78 bits per heavy atom. The van der Waals surface area contributed by atoms with Gasteiger partial charge in [0, 0.05) is 43.7 Å². The van der Waals surface area contributed by atoms with Crippen LogP contribution in [0.4, 0.5) is 0 Å². The SMILES string of the molecule is O=C([C@@H]1C[C@H]1c1ccc(-c2nn[nH]n2)cc1)N1CCN2CC3(CC3)C[C@H]2C1. The van der Waals surface area contributed by atoms with Gasteiger partial charge in [0.1, 0.15) is 0 Å². The van der Waals surface area contributed by atoms with Crippen LogP contribution in [0.1, 0.15) is 37.2 Å². The first-order chi connectivity index (χ1) is 13.2. The molecule has 2 aromatic rings. The van der Waals surface area contributed by atoms with Gasteiger partial charge in [-0.2, -0.15) is 5.21 Å². The molecule has 3 atom stereocenters. The minimum atomic E-state index is 0.170. The average molecular weight is 364 g/mol. The molecule has 0 bridgehead atoms. The van der Waals surface area contributed by atoms with Crippen LogP contribution in [0.5, 0.6) is 0 Å².